The van der Waals surface area contributed by atoms with Crippen molar-refractivity contribution in [2.75, 3.05) is 40.3 Å². The molecule has 0 aromatic heterocycles. The van der Waals surface area contributed by atoms with Crippen LogP contribution in [0.5, 0.6) is 0 Å². The summed E-state index contributed by atoms with van der Waals surface area (Å²) in [6, 6.07) is 1.76. The third-order valence-electron chi connectivity index (χ3n) is 3.05. The van der Waals surface area contributed by atoms with Gasteiger partial charge in [0.1, 0.15) is 0 Å². The zero-order valence-corrected chi connectivity index (χ0v) is 9.82. The fraction of sp³-hybridized carbons (Fsp3) is 0.909. The second-order valence-electron chi connectivity index (χ2n) is 4.70. The summed E-state index contributed by atoms with van der Waals surface area (Å²) in [7, 11) is 4.29. The lowest BCUT2D eigenvalue weighted by molar-refractivity contribution is 0.269. The van der Waals surface area contributed by atoms with Crippen LogP contribution in [0.25, 0.3) is 0 Å². The Hall–Kier alpha value is -0.630. The topological polar surface area (TPSA) is 56.3 Å². The van der Waals surface area contributed by atoms with Crippen LogP contribution >= 0.6 is 0 Å². The van der Waals surface area contributed by atoms with Crippen LogP contribution in [0.4, 0.5) is 0 Å². The van der Waals surface area contributed by atoms with Crippen molar-refractivity contribution in [1.29, 1.82) is 5.26 Å². The maximum atomic E-state index is 8.57. The second-order valence-corrected chi connectivity index (χ2v) is 4.70. The van der Waals surface area contributed by atoms with Gasteiger partial charge in [-0.3, -0.25) is 0 Å². The molecule has 0 amide bonds. The van der Waals surface area contributed by atoms with Crippen LogP contribution in [0, 0.1) is 17.2 Å². The number of likely N-dealkylation sites (tertiary alicyclic amines) is 1. The smallest absolute Gasteiger partial charge is 0.0940 e. The molecule has 86 valence electrons. The SMILES string of the molecule is CN(CCC(N)C#N)CC1CCN(C)C1. The number of nitriles is 1. The van der Waals surface area contributed by atoms with E-state index in [0.29, 0.717) is 0 Å². The monoisotopic (exact) mass is 210 g/mol. The van der Waals surface area contributed by atoms with Gasteiger partial charge < -0.3 is 15.5 Å². The van der Waals surface area contributed by atoms with Gasteiger partial charge in [0, 0.05) is 19.6 Å². The van der Waals surface area contributed by atoms with Crippen LogP contribution in [0.2, 0.25) is 0 Å². The highest BCUT2D eigenvalue weighted by molar-refractivity contribution is 4.87. The Morgan fingerprint density at radius 3 is 2.93 bits per heavy atom. The third-order valence-corrected chi connectivity index (χ3v) is 3.05. The summed E-state index contributed by atoms with van der Waals surface area (Å²) in [6.07, 6.45) is 2.07. The Morgan fingerprint density at radius 1 is 1.67 bits per heavy atom. The molecule has 0 saturated carbocycles. The first-order valence-corrected chi connectivity index (χ1v) is 5.64. The van der Waals surface area contributed by atoms with E-state index in [1.54, 1.807) is 0 Å². The van der Waals surface area contributed by atoms with E-state index in [4.69, 9.17) is 11.0 Å². The Morgan fingerprint density at radius 2 is 2.40 bits per heavy atom. The van der Waals surface area contributed by atoms with Crippen molar-refractivity contribution in [1.82, 2.24) is 9.80 Å². The number of nitrogens with two attached hydrogens (primary N) is 1. The quantitative estimate of drug-likeness (QED) is 0.700. The predicted molar refractivity (Wildman–Crippen MR) is 61.3 cm³/mol. The molecule has 0 aromatic carbocycles. The van der Waals surface area contributed by atoms with Gasteiger partial charge in [-0.1, -0.05) is 0 Å². The van der Waals surface area contributed by atoms with E-state index in [-0.39, 0.29) is 6.04 Å². The van der Waals surface area contributed by atoms with Gasteiger partial charge in [0.25, 0.3) is 0 Å². The van der Waals surface area contributed by atoms with E-state index in [9.17, 15) is 0 Å². The van der Waals surface area contributed by atoms with Gasteiger partial charge in [0.15, 0.2) is 0 Å². The maximum absolute atomic E-state index is 8.57. The van der Waals surface area contributed by atoms with Gasteiger partial charge in [-0.2, -0.15) is 5.26 Å². The number of hydrogen-bond acceptors (Lipinski definition) is 4. The highest BCUT2D eigenvalue weighted by atomic mass is 15.1. The molecule has 15 heavy (non-hydrogen) atoms. The van der Waals surface area contributed by atoms with Crippen molar-refractivity contribution in [2.45, 2.75) is 18.9 Å². The van der Waals surface area contributed by atoms with Gasteiger partial charge in [-0.05, 0) is 39.4 Å². The van der Waals surface area contributed by atoms with Crippen molar-refractivity contribution >= 4 is 0 Å². The van der Waals surface area contributed by atoms with Crippen molar-refractivity contribution in [2.24, 2.45) is 11.7 Å². The molecule has 1 fully saturated rings. The lowest BCUT2D eigenvalue weighted by Gasteiger charge is -2.21. The molecule has 4 heteroatoms. The molecule has 0 radical (unpaired) electrons. The van der Waals surface area contributed by atoms with Crippen LogP contribution in [-0.4, -0.2) is 56.1 Å². The van der Waals surface area contributed by atoms with Crippen LogP contribution in [0.15, 0.2) is 0 Å². The van der Waals surface area contributed by atoms with Crippen LogP contribution in [0.1, 0.15) is 12.8 Å². The zero-order chi connectivity index (χ0) is 11.3. The van der Waals surface area contributed by atoms with Gasteiger partial charge in [0.05, 0.1) is 12.1 Å². The molecule has 1 rings (SSSR count). The first kappa shape index (κ1) is 12.4. The van der Waals surface area contributed by atoms with E-state index in [0.717, 1.165) is 25.4 Å². The number of nitrogens with zero attached hydrogens (tertiary/aromatic N) is 3. The van der Waals surface area contributed by atoms with Crippen LogP contribution in [0.3, 0.4) is 0 Å². The Balaban J connectivity index is 2.13. The molecule has 2 N–H and O–H groups in total. The Labute approximate surface area is 92.6 Å². The van der Waals surface area contributed by atoms with Crippen molar-refractivity contribution in [3.63, 3.8) is 0 Å². The summed E-state index contributed by atoms with van der Waals surface area (Å²) >= 11 is 0. The van der Waals surface area contributed by atoms with Crippen LogP contribution in [-0.2, 0) is 0 Å². The van der Waals surface area contributed by atoms with Crippen LogP contribution < -0.4 is 5.73 Å². The van der Waals surface area contributed by atoms with E-state index in [1.165, 1.54) is 19.5 Å². The standard InChI is InChI=1S/C11H22N4/c1-14-5-3-10(8-14)9-15(2)6-4-11(13)7-12/h10-11H,3-6,8-9,13H2,1-2H3. The Kier molecular flexibility index (Phi) is 5.03. The fourth-order valence-corrected chi connectivity index (χ4v) is 2.13. The molecule has 4 nitrogen and oxygen atoms in total. The molecule has 1 aliphatic heterocycles. The first-order valence-electron chi connectivity index (χ1n) is 5.64. The van der Waals surface area contributed by atoms with Gasteiger partial charge in [-0.25, -0.2) is 0 Å². The molecule has 2 unspecified atom stereocenters. The number of rotatable bonds is 5. The first-order chi connectivity index (χ1) is 7.11. The molecule has 2 atom stereocenters. The minimum Gasteiger partial charge on any atom is -0.316 e. The normalized spacial score (nSPS) is 24.3. The lowest BCUT2D eigenvalue weighted by atomic mass is 10.1. The lowest BCUT2D eigenvalue weighted by Crippen LogP contribution is -2.31. The summed E-state index contributed by atoms with van der Waals surface area (Å²) < 4.78 is 0. The zero-order valence-electron chi connectivity index (χ0n) is 9.82. The highest BCUT2D eigenvalue weighted by Gasteiger charge is 2.20. The summed E-state index contributed by atoms with van der Waals surface area (Å²) in [5, 5.41) is 8.57. The Bertz CT molecular complexity index is 223. The van der Waals surface area contributed by atoms with Crippen molar-refractivity contribution < 1.29 is 0 Å². The number of hydrogen-bond donors (Lipinski definition) is 1. The molecular formula is C11H22N4. The van der Waals surface area contributed by atoms with E-state index < -0.39 is 0 Å². The third kappa shape index (κ3) is 4.61. The molecule has 1 saturated heterocycles. The van der Waals surface area contributed by atoms with E-state index in [1.807, 2.05) is 0 Å². The van der Waals surface area contributed by atoms with Crippen molar-refractivity contribution in [3.05, 3.63) is 0 Å². The summed E-state index contributed by atoms with van der Waals surface area (Å²) in [5.41, 5.74) is 5.56. The minimum absolute atomic E-state index is 0.307. The van der Waals surface area contributed by atoms with E-state index in [2.05, 4.69) is 30.0 Å². The van der Waals surface area contributed by atoms with Gasteiger partial charge in [-0.15, -0.1) is 0 Å². The predicted octanol–water partition coefficient (Wildman–Crippen LogP) is 0.111. The summed E-state index contributed by atoms with van der Waals surface area (Å²) in [4.78, 5) is 4.67. The van der Waals surface area contributed by atoms with Gasteiger partial charge >= 0.3 is 0 Å². The molecule has 1 heterocycles. The fourth-order valence-electron chi connectivity index (χ4n) is 2.13. The average molecular weight is 210 g/mol. The van der Waals surface area contributed by atoms with Crippen molar-refractivity contribution in [3.8, 4) is 6.07 Å². The second kappa shape index (κ2) is 6.06. The van der Waals surface area contributed by atoms with E-state index >= 15 is 0 Å². The summed E-state index contributed by atoms with van der Waals surface area (Å²) in [6.45, 7) is 4.47. The molecule has 1 aliphatic rings. The summed E-state index contributed by atoms with van der Waals surface area (Å²) in [5.74, 6) is 0.790. The highest BCUT2D eigenvalue weighted by Crippen LogP contribution is 2.15. The largest absolute Gasteiger partial charge is 0.316 e. The maximum Gasteiger partial charge on any atom is 0.0940 e. The molecule has 0 spiro atoms. The minimum atomic E-state index is -0.307. The van der Waals surface area contributed by atoms with Gasteiger partial charge in [0.2, 0.25) is 0 Å². The molecular weight excluding hydrogens is 188 g/mol. The average Bonchev–Trinajstić information content (AvgIpc) is 2.60. The molecule has 0 aliphatic carbocycles. The molecule has 0 bridgehead atoms. The molecule has 0 aromatic rings.